The van der Waals surface area contributed by atoms with Gasteiger partial charge in [-0.3, -0.25) is 8.37 Å². The maximum Gasteiger partial charge on any atom is 0.296 e. The summed E-state index contributed by atoms with van der Waals surface area (Å²) in [5.41, 5.74) is 1.91. The highest BCUT2D eigenvalue weighted by Crippen LogP contribution is 2.32. The summed E-state index contributed by atoms with van der Waals surface area (Å²) in [5.74, 6) is -0.357. The third kappa shape index (κ3) is 6.04. The molecule has 0 amide bonds. The third-order valence-electron chi connectivity index (χ3n) is 5.63. The van der Waals surface area contributed by atoms with Crippen LogP contribution in [0.4, 0.5) is 0 Å². The summed E-state index contributed by atoms with van der Waals surface area (Å²) in [6.45, 7) is 5.64. The van der Waals surface area contributed by atoms with Gasteiger partial charge in [0.15, 0.2) is 0 Å². The second-order valence-electron chi connectivity index (χ2n) is 8.05. The second-order valence-corrected chi connectivity index (χ2v) is 11.3. The van der Waals surface area contributed by atoms with Crippen LogP contribution in [0.15, 0.2) is 70.5 Å². The molecule has 2 aromatic carbocycles. The van der Waals surface area contributed by atoms with Crippen LogP contribution in [0.5, 0.6) is 0 Å². The molecule has 3 rings (SSSR count). The first kappa shape index (κ1) is 23.7. The summed E-state index contributed by atoms with van der Waals surface area (Å²) in [7, 11) is -7.79. The smallest absolute Gasteiger partial charge is 0.266 e. The molecule has 0 aliphatic heterocycles. The minimum atomic E-state index is -3.90. The topological polar surface area (TPSA) is 86.7 Å². The first-order valence-electron chi connectivity index (χ1n) is 10.2. The highest BCUT2D eigenvalue weighted by atomic mass is 32.2. The Balaban J connectivity index is 1.68. The lowest BCUT2D eigenvalue weighted by Crippen LogP contribution is -2.32. The van der Waals surface area contributed by atoms with Crippen LogP contribution in [0.2, 0.25) is 0 Å². The van der Waals surface area contributed by atoms with E-state index in [1.54, 1.807) is 24.3 Å². The summed E-state index contributed by atoms with van der Waals surface area (Å²) in [4.78, 5) is 0.208. The minimum Gasteiger partial charge on any atom is -0.266 e. The Morgan fingerprint density at radius 3 is 1.71 bits per heavy atom. The van der Waals surface area contributed by atoms with Crippen molar-refractivity contribution in [3.8, 4) is 0 Å². The molecule has 0 heterocycles. The van der Waals surface area contributed by atoms with Gasteiger partial charge in [-0.2, -0.15) is 16.8 Å². The summed E-state index contributed by atoms with van der Waals surface area (Å²) in [6, 6.07) is 12.9. The van der Waals surface area contributed by atoms with Gasteiger partial charge in [0.05, 0.1) is 23.0 Å². The molecule has 1 aliphatic rings. The fourth-order valence-corrected chi connectivity index (χ4v) is 5.49. The summed E-state index contributed by atoms with van der Waals surface area (Å²) < 4.78 is 60.9. The first-order chi connectivity index (χ1) is 14.6. The van der Waals surface area contributed by atoms with Crippen molar-refractivity contribution >= 4 is 20.2 Å². The van der Waals surface area contributed by atoms with Crippen molar-refractivity contribution in [2.24, 2.45) is 17.8 Å². The van der Waals surface area contributed by atoms with Crippen LogP contribution < -0.4 is 0 Å². The highest BCUT2D eigenvalue weighted by Gasteiger charge is 2.32. The van der Waals surface area contributed by atoms with Crippen LogP contribution >= 0.6 is 0 Å². The van der Waals surface area contributed by atoms with Crippen LogP contribution in [0.25, 0.3) is 0 Å². The normalized spacial score (nSPS) is 21.8. The number of rotatable bonds is 8. The number of hydrogen-bond donors (Lipinski definition) is 0. The second kappa shape index (κ2) is 9.65. The molecule has 0 aromatic heterocycles. The van der Waals surface area contributed by atoms with Crippen molar-refractivity contribution < 1.29 is 25.2 Å². The molecule has 1 aliphatic carbocycles. The molecule has 0 saturated carbocycles. The number of hydrogen-bond acceptors (Lipinski definition) is 6. The Morgan fingerprint density at radius 2 is 1.23 bits per heavy atom. The lowest BCUT2D eigenvalue weighted by Gasteiger charge is -2.32. The Hall–Kier alpha value is -2.00. The molecule has 0 unspecified atom stereocenters. The van der Waals surface area contributed by atoms with Crippen LogP contribution in [-0.4, -0.2) is 30.0 Å². The molecule has 0 bridgehead atoms. The van der Waals surface area contributed by atoms with Crippen LogP contribution in [0.1, 0.15) is 24.5 Å². The van der Waals surface area contributed by atoms with Gasteiger partial charge in [0.2, 0.25) is 0 Å². The predicted octanol–water partition coefficient (Wildman–Crippen LogP) is 4.24. The average Bonchev–Trinajstić information content (AvgIpc) is 2.72. The SMILES string of the molecule is Cc1ccc(S(=O)(=O)OC[C@H]2CC=C[C@@H](C)[C@H]2COS(=O)(=O)c2ccc(C)cc2)cc1. The lowest BCUT2D eigenvalue weighted by molar-refractivity contribution is 0.117. The number of allylic oxidation sites excluding steroid dienone is 2. The molecule has 0 radical (unpaired) electrons. The van der Waals surface area contributed by atoms with Crippen LogP contribution in [0, 0.1) is 31.6 Å². The van der Waals surface area contributed by atoms with E-state index in [0.29, 0.717) is 6.42 Å². The quantitative estimate of drug-likeness (QED) is 0.429. The highest BCUT2D eigenvalue weighted by molar-refractivity contribution is 7.87. The largest absolute Gasteiger partial charge is 0.296 e. The van der Waals surface area contributed by atoms with Gasteiger partial charge in [-0.15, -0.1) is 0 Å². The van der Waals surface area contributed by atoms with E-state index in [4.69, 9.17) is 8.37 Å². The van der Waals surface area contributed by atoms with Crippen molar-refractivity contribution in [1.29, 1.82) is 0 Å². The van der Waals surface area contributed by atoms with Crippen LogP contribution in [-0.2, 0) is 28.6 Å². The summed E-state index contributed by atoms with van der Waals surface area (Å²) in [6.07, 6.45) is 4.56. The van der Waals surface area contributed by atoms with E-state index in [1.165, 1.54) is 24.3 Å². The van der Waals surface area contributed by atoms with E-state index < -0.39 is 20.2 Å². The van der Waals surface area contributed by atoms with Gasteiger partial charge in [-0.05, 0) is 62.3 Å². The Labute approximate surface area is 185 Å². The van der Waals surface area contributed by atoms with E-state index >= 15 is 0 Å². The summed E-state index contributed by atoms with van der Waals surface area (Å²) in [5, 5.41) is 0. The van der Waals surface area contributed by atoms with Crippen molar-refractivity contribution in [2.45, 2.75) is 37.0 Å². The van der Waals surface area contributed by atoms with Crippen molar-refractivity contribution in [3.05, 3.63) is 71.8 Å². The van der Waals surface area contributed by atoms with E-state index in [-0.39, 0.29) is 40.8 Å². The van der Waals surface area contributed by atoms with Gasteiger partial charge in [0.25, 0.3) is 20.2 Å². The summed E-state index contributed by atoms with van der Waals surface area (Å²) >= 11 is 0. The Bertz CT molecular complexity index is 1120. The molecule has 31 heavy (non-hydrogen) atoms. The van der Waals surface area contributed by atoms with Gasteiger partial charge in [0.1, 0.15) is 0 Å². The number of benzene rings is 2. The third-order valence-corrected chi connectivity index (χ3v) is 8.22. The van der Waals surface area contributed by atoms with Crippen molar-refractivity contribution in [2.75, 3.05) is 13.2 Å². The maximum absolute atomic E-state index is 12.6. The van der Waals surface area contributed by atoms with Gasteiger partial charge in [0, 0.05) is 0 Å². The molecule has 6 nitrogen and oxygen atoms in total. The zero-order valence-corrected chi connectivity index (χ0v) is 19.5. The van der Waals surface area contributed by atoms with Gasteiger partial charge >= 0.3 is 0 Å². The van der Waals surface area contributed by atoms with Crippen LogP contribution in [0.3, 0.4) is 0 Å². The van der Waals surface area contributed by atoms with Gasteiger partial charge < -0.3 is 0 Å². The fourth-order valence-electron chi connectivity index (χ4n) is 3.59. The maximum atomic E-state index is 12.6. The molecule has 0 N–H and O–H groups in total. The van der Waals surface area contributed by atoms with Crippen molar-refractivity contribution in [3.63, 3.8) is 0 Å². The molecule has 3 atom stereocenters. The molecule has 0 saturated heterocycles. The standard InChI is InChI=1S/C23H28O6S2/c1-17-7-11-21(12-8-17)30(24,25)28-15-20-6-4-5-19(3)23(20)16-29-31(26,27)22-13-9-18(2)10-14-22/h4-5,7-14,19-20,23H,6,15-16H2,1-3H3/t19-,20-,23-/m1/s1. The zero-order chi connectivity index (χ0) is 22.6. The molecular weight excluding hydrogens is 436 g/mol. The Kier molecular flexibility index (Phi) is 7.36. The molecule has 2 aromatic rings. The lowest BCUT2D eigenvalue weighted by atomic mass is 9.77. The average molecular weight is 465 g/mol. The number of aryl methyl sites for hydroxylation is 2. The molecule has 0 fully saturated rings. The zero-order valence-electron chi connectivity index (χ0n) is 17.9. The monoisotopic (exact) mass is 464 g/mol. The van der Waals surface area contributed by atoms with Crippen molar-refractivity contribution in [1.82, 2.24) is 0 Å². The fraction of sp³-hybridized carbons (Fsp3) is 0.391. The van der Waals surface area contributed by atoms with E-state index in [0.717, 1.165) is 11.1 Å². The van der Waals surface area contributed by atoms with E-state index in [2.05, 4.69) is 0 Å². The molecule has 168 valence electrons. The molecule has 8 heteroatoms. The first-order valence-corrected chi connectivity index (χ1v) is 13.0. The van der Waals surface area contributed by atoms with E-state index in [9.17, 15) is 16.8 Å². The van der Waals surface area contributed by atoms with Gasteiger partial charge in [-0.25, -0.2) is 0 Å². The minimum absolute atomic E-state index is 0.0256. The molecular formula is C23H28O6S2. The van der Waals surface area contributed by atoms with Gasteiger partial charge in [-0.1, -0.05) is 54.5 Å². The van der Waals surface area contributed by atoms with E-state index in [1.807, 2.05) is 32.9 Å². The Morgan fingerprint density at radius 1 is 0.774 bits per heavy atom. The molecule has 0 spiro atoms. The predicted molar refractivity (Wildman–Crippen MR) is 119 cm³/mol.